The van der Waals surface area contributed by atoms with Gasteiger partial charge in [-0.2, -0.15) is 0 Å². The van der Waals surface area contributed by atoms with E-state index in [0.717, 1.165) is 18.2 Å². The number of hydrogen-bond donors (Lipinski definition) is 3. The van der Waals surface area contributed by atoms with E-state index in [1.807, 2.05) is 0 Å². The number of aromatic nitrogens is 1. The number of phenols is 1. The molecule has 1 aromatic heterocycles. The predicted molar refractivity (Wildman–Crippen MR) is 61.9 cm³/mol. The lowest BCUT2D eigenvalue weighted by Crippen LogP contribution is -2.13. The van der Waals surface area contributed by atoms with Crippen molar-refractivity contribution in [2.24, 2.45) is 0 Å². The predicted octanol–water partition coefficient (Wildman–Crippen LogP) is 1.88. The van der Waals surface area contributed by atoms with Gasteiger partial charge in [0.1, 0.15) is 11.6 Å². The number of carbonyl (C=O) groups excluding carboxylic acids is 1. The zero-order valence-electron chi connectivity index (χ0n) is 9.09. The van der Waals surface area contributed by atoms with E-state index < -0.39 is 11.7 Å². The van der Waals surface area contributed by atoms with Crippen LogP contribution in [0.4, 0.5) is 10.2 Å². The number of aromatic hydroxyl groups is 2. The van der Waals surface area contributed by atoms with E-state index >= 15 is 0 Å². The molecule has 6 heteroatoms. The molecule has 1 heterocycles. The van der Waals surface area contributed by atoms with Gasteiger partial charge in [-0.05, 0) is 30.3 Å². The van der Waals surface area contributed by atoms with Crippen LogP contribution in [0.25, 0.3) is 0 Å². The van der Waals surface area contributed by atoms with Crippen molar-refractivity contribution in [3.8, 4) is 11.5 Å². The van der Waals surface area contributed by atoms with Crippen molar-refractivity contribution in [3.05, 3.63) is 47.9 Å². The van der Waals surface area contributed by atoms with Crippen molar-refractivity contribution in [1.29, 1.82) is 0 Å². The first-order chi connectivity index (χ1) is 8.58. The molecule has 0 unspecified atom stereocenters. The van der Waals surface area contributed by atoms with E-state index in [4.69, 9.17) is 0 Å². The molecular weight excluding hydrogens is 239 g/mol. The second-order valence-electron chi connectivity index (χ2n) is 3.49. The molecule has 3 N–H and O–H groups in total. The number of rotatable bonds is 2. The molecule has 0 bridgehead atoms. The molecule has 1 aromatic carbocycles. The van der Waals surface area contributed by atoms with Crippen LogP contribution in [0, 0.1) is 5.82 Å². The average Bonchev–Trinajstić information content (AvgIpc) is 2.35. The fourth-order valence-corrected chi connectivity index (χ4v) is 1.36. The first-order valence-corrected chi connectivity index (χ1v) is 5.02. The molecule has 1 amide bonds. The second kappa shape index (κ2) is 4.70. The molecule has 0 radical (unpaired) electrons. The quantitative estimate of drug-likeness (QED) is 0.757. The smallest absolute Gasteiger partial charge is 0.260 e. The van der Waals surface area contributed by atoms with E-state index in [2.05, 4.69) is 10.3 Å². The van der Waals surface area contributed by atoms with Gasteiger partial charge in [0.05, 0.1) is 5.56 Å². The Morgan fingerprint density at radius 2 is 2.00 bits per heavy atom. The molecule has 0 aliphatic heterocycles. The largest absolute Gasteiger partial charge is 0.507 e. The van der Waals surface area contributed by atoms with Crippen LogP contribution in [-0.2, 0) is 0 Å². The number of benzene rings is 1. The van der Waals surface area contributed by atoms with E-state index in [0.29, 0.717) is 0 Å². The minimum atomic E-state index is -0.763. The molecule has 0 fully saturated rings. The molecule has 0 aliphatic rings. The van der Waals surface area contributed by atoms with Crippen LogP contribution in [0.15, 0.2) is 36.5 Å². The fraction of sp³-hybridized carbons (Fsp3) is 0. The third-order valence-electron chi connectivity index (χ3n) is 2.22. The van der Waals surface area contributed by atoms with Crippen molar-refractivity contribution >= 4 is 11.7 Å². The van der Waals surface area contributed by atoms with Crippen LogP contribution in [0.2, 0.25) is 0 Å². The highest BCUT2D eigenvalue weighted by molar-refractivity contribution is 6.06. The Bertz CT molecular complexity index is 602. The number of anilines is 1. The third-order valence-corrected chi connectivity index (χ3v) is 2.22. The third kappa shape index (κ3) is 2.37. The van der Waals surface area contributed by atoms with Crippen molar-refractivity contribution in [2.45, 2.75) is 0 Å². The summed E-state index contributed by atoms with van der Waals surface area (Å²) in [5.41, 5.74) is -0.236. The van der Waals surface area contributed by atoms with Crippen LogP contribution < -0.4 is 5.32 Å². The van der Waals surface area contributed by atoms with Crippen LogP contribution >= 0.6 is 0 Å². The van der Waals surface area contributed by atoms with Gasteiger partial charge in [-0.15, -0.1) is 0 Å². The Morgan fingerprint density at radius 1 is 1.22 bits per heavy atom. The second-order valence-corrected chi connectivity index (χ2v) is 3.49. The number of nitrogens with zero attached hydrogens (tertiary/aromatic N) is 1. The average molecular weight is 248 g/mol. The van der Waals surface area contributed by atoms with Gasteiger partial charge < -0.3 is 15.5 Å². The standard InChI is InChI=1S/C12H9FN2O3/c13-7-3-4-9(16)8(6-7)12(18)15-11-10(17)2-1-5-14-11/h1-6,16-17H,(H,14,15,18). The molecule has 0 saturated carbocycles. The van der Waals surface area contributed by atoms with E-state index in [-0.39, 0.29) is 22.9 Å². The molecule has 0 atom stereocenters. The van der Waals surface area contributed by atoms with E-state index in [1.54, 1.807) is 0 Å². The van der Waals surface area contributed by atoms with Gasteiger partial charge in [0.25, 0.3) is 5.91 Å². The topological polar surface area (TPSA) is 82.5 Å². The minimum Gasteiger partial charge on any atom is -0.507 e. The SMILES string of the molecule is O=C(Nc1ncccc1O)c1cc(F)ccc1O. The Hall–Kier alpha value is -2.63. The lowest BCUT2D eigenvalue weighted by Gasteiger charge is -2.07. The zero-order valence-corrected chi connectivity index (χ0v) is 9.09. The summed E-state index contributed by atoms with van der Waals surface area (Å²) >= 11 is 0. The number of amides is 1. The molecule has 2 aromatic rings. The molecule has 92 valence electrons. The Balaban J connectivity index is 2.28. The Labute approximate surface area is 102 Å². The van der Waals surface area contributed by atoms with Gasteiger partial charge in [0.15, 0.2) is 11.6 Å². The molecule has 0 aliphatic carbocycles. The number of nitrogens with one attached hydrogen (secondary N) is 1. The van der Waals surface area contributed by atoms with Gasteiger partial charge in [0.2, 0.25) is 0 Å². The van der Waals surface area contributed by atoms with Crippen LogP contribution in [-0.4, -0.2) is 21.1 Å². The molecule has 0 spiro atoms. The van der Waals surface area contributed by atoms with Crippen molar-refractivity contribution < 1.29 is 19.4 Å². The van der Waals surface area contributed by atoms with Gasteiger partial charge in [-0.3, -0.25) is 4.79 Å². The summed E-state index contributed by atoms with van der Waals surface area (Å²) in [6, 6.07) is 5.83. The van der Waals surface area contributed by atoms with Crippen molar-refractivity contribution in [2.75, 3.05) is 5.32 Å². The number of halogens is 1. The van der Waals surface area contributed by atoms with Crippen LogP contribution in [0.3, 0.4) is 0 Å². The van der Waals surface area contributed by atoms with Gasteiger partial charge >= 0.3 is 0 Å². The van der Waals surface area contributed by atoms with Gasteiger partial charge in [-0.1, -0.05) is 0 Å². The molecule has 5 nitrogen and oxygen atoms in total. The van der Waals surface area contributed by atoms with Crippen LogP contribution in [0.5, 0.6) is 11.5 Å². The normalized spacial score (nSPS) is 10.1. The lowest BCUT2D eigenvalue weighted by molar-refractivity contribution is 0.102. The summed E-state index contributed by atoms with van der Waals surface area (Å²) in [5, 5.41) is 21.1. The molecule has 18 heavy (non-hydrogen) atoms. The maximum absolute atomic E-state index is 13.0. The monoisotopic (exact) mass is 248 g/mol. The van der Waals surface area contributed by atoms with Crippen molar-refractivity contribution in [3.63, 3.8) is 0 Å². The highest BCUT2D eigenvalue weighted by atomic mass is 19.1. The summed E-state index contributed by atoms with van der Waals surface area (Å²) in [6.45, 7) is 0. The summed E-state index contributed by atoms with van der Waals surface area (Å²) in [7, 11) is 0. The first-order valence-electron chi connectivity index (χ1n) is 5.02. The Kier molecular flexibility index (Phi) is 3.09. The molecular formula is C12H9FN2O3. The minimum absolute atomic E-state index is 0.0637. The van der Waals surface area contributed by atoms with Gasteiger partial charge in [0, 0.05) is 6.20 Å². The lowest BCUT2D eigenvalue weighted by atomic mass is 10.2. The molecule has 0 saturated heterocycles. The number of pyridine rings is 1. The zero-order chi connectivity index (χ0) is 13.1. The molecule has 2 rings (SSSR count). The summed E-state index contributed by atoms with van der Waals surface area (Å²) in [6.07, 6.45) is 1.38. The fourth-order valence-electron chi connectivity index (χ4n) is 1.36. The highest BCUT2D eigenvalue weighted by Gasteiger charge is 2.14. The summed E-state index contributed by atoms with van der Waals surface area (Å²) < 4.78 is 13.0. The van der Waals surface area contributed by atoms with E-state index in [1.165, 1.54) is 18.3 Å². The maximum atomic E-state index is 13.0. The van der Waals surface area contributed by atoms with Gasteiger partial charge in [-0.25, -0.2) is 9.37 Å². The summed E-state index contributed by atoms with van der Waals surface area (Å²) in [4.78, 5) is 15.5. The summed E-state index contributed by atoms with van der Waals surface area (Å²) in [5.74, 6) is -2.05. The van der Waals surface area contributed by atoms with Crippen LogP contribution in [0.1, 0.15) is 10.4 Å². The number of hydrogen-bond acceptors (Lipinski definition) is 4. The maximum Gasteiger partial charge on any atom is 0.260 e. The number of carbonyl (C=O) groups is 1. The number of phenolic OH excluding ortho intramolecular Hbond substituents is 1. The highest BCUT2D eigenvalue weighted by Crippen LogP contribution is 2.22. The van der Waals surface area contributed by atoms with Crippen molar-refractivity contribution in [1.82, 2.24) is 4.98 Å². The van der Waals surface area contributed by atoms with E-state index in [9.17, 15) is 19.4 Å². The first kappa shape index (κ1) is 11.8. The Morgan fingerprint density at radius 3 is 2.72 bits per heavy atom.